The molecule has 5 aromatic carbocycles. The normalized spacial score (nSPS) is 12.4. The number of fused-ring (bicyclic) bond motifs is 6. The number of aryl methyl sites for hydroxylation is 11. The van der Waals surface area contributed by atoms with Gasteiger partial charge in [-0.3, -0.25) is 24.0 Å². The predicted molar refractivity (Wildman–Crippen MR) is 543 cm³/mol. The first kappa shape index (κ1) is 103. The molecule has 45 heteroatoms. The van der Waals surface area contributed by atoms with E-state index in [1.165, 1.54) is 90.7 Å². The quantitative estimate of drug-likeness (QED) is 0.0249. The number of benzene rings is 5. The molecule has 0 bridgehead atoms. The van der Waals surface area contributed by atoms with Crippen molar-refractivity contribution in [3.63, 3.8) is 0 Å². The van der Waals surface area contributed by atoms with E-state index in [9.17, 15) is 62.8 Å². The lowest BCUT2D eigenvalue weighted by Crippen LogP contribution is -2.60. The fraction of sp³-hybridized carbons (Fsp3) is 0.250. The zero-order chi connectivity index (χ0) is 102. The van der Waals surface area contributed by atoms with Crippen LogP contribution in [0.25, 0.3) is 73.1 Å². The number of halogens is 5. The van der Waals surface area contributed by atoms with Crippen molar-refractivity contribution in [3.05, 3.63) is 266 Å². The van der Waals surface area contributed by atoms with Crippen molar-refractivity contribution in [1.29, 1.82) is 0 Å². The highest BCUT2D eigenvalue weighted by molar-refractivity contribution is 7.89. The number of nitrogens with two attached hydrogens (primary N) is 5. The SMILES string of the molecule is Cc1ccc(S(=O)(=O)N2CC(NC(=O)c3sc4nnc(C)c(C)c4c3N)C2)c(F)c1.Cc1nnc2sc(C(=O)NCc3ccc(-c4cccnc4F)cc3)c(N)c2c1C.Cc1nnc2sc(C(=O)NCc3ccc(C(C)(C)C(F)(F)F)cc3)c(N)c2c1C.Cc1nnc2sc(C(=O)NCc3ccc(S(=O)(=O)N(C)C)cc3)c(N)c2c1C.Cc1nnc2sc(C(=O)NCc3ccc4[nH]ccc4c3)c(N)c2c1C. The number of hydrogen-bond acceptors (Lipinski definition) is 30. The summed E-state index contributed by atoms with van der Waals surface area (Å²) in [6.45, 7) is 24.0. The standard InChI is InChI=1S/C21H18FN5OS.C20H21F3N4OS.C19H20FN5O3S2.C18H21N5O3S2.C18H17N5OS/c1-11-12(2)26-27-21-16(11)17(23)18(29-21)20(28)25-10-13-5-7-14(8-6-13)15-4-3-9-24-19(15)22;1-10-11(2)26-27-18-14(10)15(24)16(29-18)17(28)25-9-12-5-7-13(8-6-12)19(3,4)20(21,22)23;1-9-4-5-14(13(20)6-9)30(27,28)25-7-12(8-25)22-18(26)17-16(21)15-10(2)11(3)23-24-19(15)29-17;1-10-11(2)21-22-18-14(10)15(19)16(27-18)17(24)20-9-12-5-7-13(8-6-12)28(25,26)23(3)4;1-9-10(2)22-23-18-14(9)15(19)16(25-18)17(24)21-8-11-3-4-13-12(7-11)5-6-20-13/h3-9H,10,23H2,1-2H3,(H,25,28);5-8H,9,24H2,1-4H3,(H,25,28);4-6,12H,7-8,21H2,1-3H3,(H,22,26);5-8H,9,19H2,1-4H3,(H,20,24);3-7,20H,8,19H2,1-2H3,(H,21,24). The molecule has 732 valence electrons. The molecule has 18 rings (SSSR count). The smallest absolute Gasteiger partial charge is 0.397 e. The highest BCUT2D eigenvalue weighted by Gasteiger charge is 2.48. The third-order valence-corrected chi connectivity index (χ3v) is 33.3. The number of nitrogens with zero attached hydrogens (tertiary/aromatic N) is 13. The minimum absolute atomic E-state index is 0.0597. The molecule has 141 heavy (non-hydrogen) atoms. The number of amides is 5. The van der Waals surface area contributed by atoms with Gasteiger partial charge in [0.25, 0.3) is 29.5 Å². The fourth-order valence-electron chi connectivity index (χ4n) is 14.8. The first-order chi connectivity index (χ1) is 66.6. The number of aromatic amines is 1. The molecule has 0 saturated carbocycles. The Bertz CT molecular complexity index is 8000. The van der Waals surface area contributed by atoms with Crippen LogP contribution < -0.4 is 55.3 Å². The number of H-pyrrole nitrogens is 1. The number of sulfonamides is 2. The third kappa shape index (κ3) is 21.6. The second-order valence-electron chi connectivity index (χ2n) is 34.0. The number of aromatic nitrogens is 12. The summed E-state index contributed by atoms with van der Waals surface area (Å²) in [7, 11) is -4.48. The van der Waals surface area contributed by atoms with Gasteiger partial charge in [0.2, 0.25) is 26.0 Å². The number of alkyl halides is 3. The van der Waals surface area contributed by atoms with Gasteiger partial charge in [0, 0.05) is 104 Å². The monoisotopic (exact) mass is 2050 g/mol. The van der Waals surface area contributed by atoms with Crippen molar-refractivity contribution >= 4 is 197 Å². The number of anilines is 5. The van der Waals surface area contributed by atoms with Gasteiger partial charge >= 0.3 is 6.18 Å². The largest absolute Gasteiger partial charge is 0.397 e. The summed E-state index contributed by atoms with van der Waals surface area (Å²) in [5.74, 6) is -2.80. The van der Waals surface area contributed by atoms with Gasteiger partial charge in [0.05, 0.1) is 73.3 Å². The fourth-order valence-corrected chi connectivity index (χ4v) is 22.4. The molecule has 12 aromatic heterocycles. The highest BCUT2D eigenvalue weighted by atomic mass is 32.2. The summed E-state index contributed by atoms with van der Waals surface area (Å²) in [5, 5.41) is 60.1. The van der Waals surface area contributed by atoms with Gasteiger partial charge in [-0.15, -0.1) is 82.2 Å². The maximum atomic E-state index is 14.1. The van der Waals surface area contributed by atoms with Crippen LogP contribution in [0.4, 0.5) is 50.4 Å². The lowest BCUT2D eigenvalue weighted by molar-refractivity contribution is -0.180. The van der Waals surface area contributed by atoms with Gasteiger partial charge in [-0.05, 0) is 217 Å². The Kier molecular flexibility index (Phi) is 30.4. The van der Waals surface area contributed by atoms with Crippen LogP contribution in [0.1, 0.15) is 152 Å². The Balaban J connectivity index is 0.000000140. The average Bonchev–Trinajstić information content (AvgIpc) is 1.72. The summed E-state index contributed by atoms with van der Waals surface area (Å²) in [5.41, 5.74) is 45.9. The lowest BCUT2D eigenvalue weighted by atomic mass is 9.83. The van der Waals surface area contributed by atoms with Gasteiger partial charge in [0.15, 0.2) is 0 Å². The molecule has 1 fully saturated rings. The summed E-state index contributed by atoms with van der Waals surface area (Å²) in [6, 6.07) is 34.7. The zero-order valence-electron chi connectivity index (χ0n) is 78.7. The Hall–Kier alpha value is -14.2. The van der Waals surface area contributed by atoms with Crippen molar-refractivity contribution < 1.29 is 62.8 Å². The maximum Gasteiger partial charge on any atom is 0.397 e. The van der Waals surface area contributed by atoms with Gasteiger partial charge in [0.1, 0.15) is 59.3 Å². The van der Waals surface area contributed by atoms with E-state index in [-0.39, 0.29) is 71.2 Å². The molecular formula is C96H97F5N24O9S7. The maximum absolute atomic E-state index is 14.1. The van der Waals surface area contributed by atoms with Crippen LogP contribution in [0.15, 0.2) is 150 Å². The van der Waals surface area contributed by atoms with Crippen molar-refractivity contribution in [3.8, 4) is 11.1 Å². The Morgan fingerprint density at radius 1 is 0.454 bits per heavy atom. The van der Waals surface area contributed by atoms with Crippen molar-refractivity contribution in [1.82, 2.24) is 96.1 Å². The molecule has 1 aliphatic rings. The molecule has 0 radical (unpaired) electrons. The van der Waals surface area contributed by atoms with Crippen LogP contribution in [0, 0.1) is 87.9 Å². The first-order valence-electron chi connectivity index (χ1n) is 43.4. The second-order valence-corrected chi connectivity index (χ2v) is 43.1. The summed E-state index contributed by atoms with van der Waals surface area (Å²) in [6.07, 6.45) is -1.03. The van der Waals surface area contributed by atoms with Crippen molar-refractivity contribution in [2.75, 3.05) is 55.9 Å². The minimum Gasteiger partial charge on any atom is -0.397 e. The van der Waals surface area contributed by atoms with Gasteiger partial charge in [-0.25, -0.2) is 30.5 Å². The third-order valence-electron chi connectivity index (χ3n) is 24.1. The van der Waals surface area contributed by atoms with Gasteiger partial charge in [-0.2, -0.15) is 47.4 Å². The second kappa shape index (κ2) is 41.7. The molecule has 0 unspecified atom stereocenters. The molecule has 0 aliphatic carbocycles. The van der Waals surface area contributed by atoms with E-state index in [1.807, 2.05) is 106 Å². The highest BCUT2D eigenvalue weighted by Crippen LogP contribution is 2.43. The molecule has 1 saturated heterocycles. The van der Waals surface area contributed by atoms with Crippen LogP contribution in [0.3, 0.4) is 0 Å². The molecule has 0 spiro atoms. The molecule has 13 heterocycles. The van der Waals surface area contributed by atoms with Crippen LogP contribution in [-0.4, -0.2) is 155 Å². The van der Waals surface area contributed by atoms with E-state index in [0.717, 1.165) is 156 Å². The average molecular weight is 2050 g/mol. The topological polar surface area (TPSA) is 508 Å². The van der Waals surface area contributed by atoms with Gasteiger partial charge < -0.3 is 60.2 Å². The van der Waals surface area contributed by atoms with Crippen molar-refractivity contribution in [2.45, 2.75) is 144 Å². The molecule has 16 N–H and O–H groups in total. The molecule has 17 aromatic rings. The number of thiophene rings is 5. The van der Waals surface area contributed by atoms with Crippen LogP contribution in [0.2, 0.25) is 0 Å². The zero-order valence-corrected chi connectivity index (χ0v) is 84.4. The molecule has 1 aliphatic heterocycles. The predicted octanol–water partition coefficient (Wildman–Crippen LogP) is 16.2. The van der Waals surface area contributed by atoms with E-state index < -0.39 is 49.3 Å². The van der Waals surface area contributed by atoms with E-state index in [0.29, 0.717) is 112 Å². The molecule has 5 amide bonds. The summed E-state index contributed by atoms with van der Waals surface area (Å²) >= 11 is 6.02. The molecular weight excluding hydrogens is 1950 g/mol. The molecule has 33 nitrogen and oxygen atoms in total. The summed E-state index contributed by atoms with van der Waals surface area (Å²) < 4.78 is 119. The molecule has 0 atom stereocenters. The number of carbonyl (C=O) groups excluding carboxylic acids is 5. The van der Waals surface area contributed by atoms with E-state index in [1.54, 1.807) is 61.5 Å². The Labute approximate surface area is 825 Å². The first-order valence-corrected chi connectivity index (χ1v) is 50.3. The number of carbonyl (C=O) groups is 5. The van der Waals surface area contributed by atoms with Crippen LogP contribution >= 0.6 is 56.7 Å². The lowest BCUT2D eigenvalue weighted by Gasteiger charge is -2.38. The minimum atomic E-state index is -4.35. The van der Waals surface area contributed by atoms with E-state index in [2.05, 4.69) is 93.6 Å². The van der Waals surface area contributed by atoms with Crippen LogP contribution in [-0.2, 0) is 51.6 Å². The number of nitrogens with one attached hydrogen (secondary N) is 6. The number of hydrogen-bond donors (Lipinski definition) is 11. The van der Waals surface area contributed by atoms with E-state index in [4.69, 9.17) is 28.7 Å². The Morgan fingerprint density at radius 3 is 1.17 bits per heavy atom. The summed E-state index contributed by atoms with van der Waals surface area (Å²) in [4.78, 5) is 74.9. The van der Waals surface area contributed by atoms with E-state index >= 15 is 0 Å². The Morgan fingerprint density at radius 2 is 0.809 bits per heavy atom. The van der Waals surface area contributed by atoms with Crippen molar-refractivity contribution in [2.24, 2.45) is 0 Å². The number of nitrogen functional groups attached to an aromatic ring is 5. The number of pyridine rings is 1. The van der Waals surface area contributed by atoms with Crippen LogP contribution in [0.5, 0.6) is 0 Å². The van der Waals surface area contributed by atoms with Gasteiger partial charge in [-0.1, -0.05) is 72.8 Å². The number of rotatable bonds is 20.